The van der Waals surface area contributed by atoms with Gasteiger partial charge in [-0.15, -0.1) is 0 Å². The Morgan fingerprint density at radius 2 is 1.91 bits per heavy atom. The topological polar surface area (TPSA) is 61.6 Å². The number of halogens is 2. The summed E-state index contributed by atoms with van der Waals surface area (Å²) in [6.45, 7) is 0.538. The fraction of sp³-hybridized carbons (Fsp3) is 0.200. The van der Waals surface area contributed by atoms with Crippen molar-refractivity contribution < 1.29 is 18.8 Å². The zero-order valence-electron chi connectivity index (χ0n) is 11.3. The summed E-state index contributed by atoms with van der Waals surface area (Å²) in [5.41, 5.74) is -0.218. The molecule has 7 heteroatoms. The van der Waals surface area contributed by atoms with E-state index in [0.717, 1.165) is 0 Å². The molecule has 1 aliphatic rings. The maximum absolute atomic E-state index is 13.6. The Bertz CT molecular complexity index is 716. The SMILES string of the molecule is O=[N+]([O-])c1ccc(OC2(c3ccc(Cl)c(F)c3)COC2)cc1. The van der Waals surface area contributed by atoms with Gasteiger partial charge in [-0.25, -0.2) is 4.39 Å². The van der Waals surface area contributed by atoms with Crippen molar-refractivity contribution in [3.8, 4) is 5.75 Å². The number of nitrogens with zero attached hydrogens (tertiary/aromatic N) is 1. The Kier molecular flexibility index (Phi) is 3.72. The number of hydrogen-bond acceptors (Lipinski definition) is 4. The first-order valence-corrected chi connectivity index (χ1v) is 6.85. The lowest BCUT2D eigenvalue weighted by Crippen LogP contribution is -2.51. The Hall–Kier alpha value is -2.18. The minimum absolute atomic E-state index is 0.0243. The molecule has 0 saturated carbocycles. The van der Waals surface area contributed by atoms with Gasteiger partial charge >= 0.3 is 0 Å². The van der Waals surface area contributed by atoms with Crippen molar-refractivity contribution >= 4 is 17.3 Å². The highest BCUT2D eigenvalue weighted by atomic mass is 35.5. The Morgan fingerprint density at radius 3 is 2.41 bits per heavy atom. The molecule has 1 saturated heterocycles. The molecule has 0 atom stereocenters. The number of ether oxygens (including phenoxy) is 2. The van der Waals surface area contributed by atoms with Gasteiger partial charge in [0.15, 0.2) is 5.60 Å². The van der Waals surface area contributed by atoms with Crippen molar-refractivity contribution in [3.63, 3.8) is 0 Å². The maximum atomic E-state index is 13.6. The molecule has 0 N–H and O–H groups in total. The fourth-order valence-corrected chi connectivity index (χ4v) is 2.33. The van der Waals surface area contributed by atoms with Gasteiger partial charge in [0.2, 0.25) is 0 Å². The summed E-state index contributed by atoms with van der Waals surface area (Å²) in [7, 11) is 0. The molecule has 0 spiro atoms. The van der Waals surface area contributed by atoms with E-state index in [2.05, 4.69) is 0 Å². The van der Waals surface area contributed by atoms with Crippen LogP contribution in [0.25, 0.3) is 0 Å². The molecule has 22 heavy (non-hydrogen) atoms. The van der Waals surface area contributed by atoms with E-state index in [1.54, 1.807) is 6.07 Å². The van der Waals surface area contributed by atoms with Gasteiger partial charge in [-0.05, 0) is 24.3 Å². The molecule has 0 aliphatic carbocycles. The minimum atomic E-state index is -0.804. The van der Waals surface area contributed by atoms with Crippen molar-refractivity contribution in [1.82, 2.24) is 0 Å². The van der Waals surface area contributed by atoms with Crippen molar-refractivity contribution in [3.05, 3.63) is 69.0 Å². The molecule has 2 aromatic rings. The third kappa shape index (κ3) is 2.63. The van der Waals surface area contributed by atoms with Gasteiger partial charge < -0.3 is 9.47 Å². The van der Waals surface area contributed by atoms with Crippen LogP contribution in [-0.4, -0.2) is 18.1 Å². The van der Waals surface area contributed by atoms with Gasteiger partial charge in [-0.2, -0.15) is 0 Å². The average molecular weight is 324 g/mol. The number of hydrogen-bond donors (Lipinski definition) is 0. The predicted molar refractivity (Wildman–Crippen MR) is 77.6 cm³/mol. The van der Waals surface area contributed by atoms with Crippen LogP contribution in [-0.2, 0) is 10.3 Å². The van der Waals surface area contributed by atoms with E-state index in [0.29, 0.717) is 11.3 Å². The van der Waals surface area contributed by atoms with Crippen LogP contribution < -0.4 is 4.74 Å². The molecule has 0 radical (unpaired) electrons. The van der Waals surface area contributed by atoms with Crippen LogP contribution in [0.3, 0.4) is 0 Å². The van der Waals surface area contributed by atoms with Crippen molar-refractivity contribution in [2.24, 2.45) is 0 Å². The number of non-ortho nitro benzene ring substituents is 1. The molecule has 3 rings (SSSR count). The molecule has 2 aromatic carbocycles. The first-order valence-electron chi connectivity index (χ1n) is 6.47. The molecular formula is C15H11ClFNO4. The largest absolute Gasteiger partial charge is 0.478 e. The smallest absolute Gasteiger partial charge is 0.269 e. The quantitative estimate of drug-likeness (QED) is 0.636. The summed E-state index contributed by atoms with van der Waals surface area (Å²) in [4.78, 5) is 10.2. The number of nitro groups is 1. The fourth-order valence-electron chi connectivity index (χ4n) is 2.21. The van der Waals surface area contributed by atoms with Gasteiger partial charge in [0, 0.05) is 17.7 Å². The first-order chi connectivity index (χ1) is 10.5. The van der Waals surface area contributed by atoms with E-state index < -0.39 is 16.3 Å². The van der Waals surface area contributed by atoms with Crippen LogP contribution in [0.2, 0.25) is 5.02 Å². The van der Waals surface area contributed by atoms with E-state index in [4.69, 9.17) is 21.1 Å². The van der Waals surface area contributed by atoms with E-state index in [1.165, 1.54) is 36.4 Å². The summed E-state index contributed by atoms with van der Waals surface area (Å²) in [5.74, 6) is -0.0815. The highest BCUT2D eigenvalue weighted by Crippen LogP contribution is 2.36. The van der Waals surface area contributed by atoms with Crippen LogP contribution in [0.4, 0.5) is 10.1 Å². The summed E-state index contributed by atoms with van der Waals surface area (Å²) in [6, 6.07) is 10.2. The molecule has 0 aromatic heterocycles. The van der Waals surface area contributed by atoms with Crippen LogP contribution in [0, 0.1) is 15.9 Å². The lowest BCUT2D eigenvalue weighted by molar-refractivity contribution is -0.384. The molecule has 5 nitrogen and oxygen atoms in total. The molecule has 0 bridgehead atoms. The number of nitro benzene ring substituents is 1. The zero-order chi connectivity index (χ0) is 15.7. The molecule has 0 amide bonds. The Morgan fingerprint density at radius 1 is 1.23 bits per heavy atom. The molecule has 0 unspecified atom stereocenters. The van der Waals surface area contributed by atoms with Crippen LogP contribution in [0.5, 0.6) is 5.75 Å². The van der Waals surface area contributed by atoms with E-state index in [1.807, 2.05) is 0 Å². The second-order valence-electron chi connectivity index (χ2n) is 4.97. The number of rotatable bonds is 4. The monoisotopic (exact) mass is 323 g/mol. The Balaban J connectivity index is 1.87. The van der Waals surface area contributed by atoms with E-state index >= 15 is 0 Å². The zero-order valence-corrected chi connectivity index (χ0v) is 12.0. The second kappa shape index (κ2) is 5.55. The van der Waals surface area contributed by atoms with Crippen LogP contribution in [0.1, 0.15) is 5.56 Å². The number of benzene rings is 2. The molecule has 1 aliphatic heterocycles. The average Bonchev–Trinajstić information content (AvgIpc) is 2.46. The molecule has 1 heterocycles. The Labute approximate surface area is 130 Å². The summed E-state index contributed by atoms with van der Waals surface area (Å²) in [6.07, 6.45) is 0. The maximum Gasteiger partial charge on any atom is 0.269 e. The van der Waals surface area contributed by atoms with E-state index in [9.17, 15) is 14.5 Å². The standard InChI is InChI=1S/C15H11ClFNO4/c16-13-6-1-10(7-14(13)17)15(8-21-9-15)22-12-4-2-11(3-5-12)18(19)20/h1-7H,8-9H2. The summed E-state index contributed by atoms with van der Waals surface area (Å²) < 4.78 is 24.8. The normalized spacial score (nSPS) is 15.9. The van der Waals surface area contributed by atoms with Gasteiger partial charge in [0.1, 0.15) is 11.6 Å². The van der Waals surface area contributed by atoms with Gasteiger partial charge in [-0.1, -0.05) is 17.7 Å². The summed E-state index contributed by atoms with van der Waals surface area (Å²) >= 11 is 5.69. The highest BCUT2D eigenvalue weighted by Gasteiger charge is 2.43. The van der Waals surface area contributed by atoms with Crippen LogP contribution >= 0.6 is 11.6 Å². The van der Waals surface area contributed by atoms with Gasteiger partial charge in [0.05, 0.1) is 23.2 Å². The molecule has 114 valence electrons. The van der Waals surface area contributed by atoms with Crippen LogP contribution in [0.15, 0.2) is 42.5 Å². The lowest BCUT2D eigenvalue weighted by Gasteiger charge is -2.41. The molecular weight excluding hydrogens is 313 g/mol. The van der Waals surface area contributed by atoms with E-state index in [-0.39, 0.29) is 23.9 Å². The third-order valence-corrected chi connectivity index (χ3v) is 3.78. The van der Waals surface area contributed by atoms with Gasteiger partial charge in [-0.3, -0.25) is 10.1 Å². The summed E-state index contributed by atoms with van der Waals surface area (Å²) in [5, 5.41) is 10.7. The first kappa shape index (κ1) is 14.7. The van der Waals surface area contributed by atoms with Crippen molar-refractivity contribution in [2.45, 2.75) is 5.60 Å². The van der Waals surface area contributed by atoms with Crippen molar-refractivity contribution in [2.75, 3.05) is 13.2 Å². The minimum Gasteiger partial charge on any atom is -0.478 e. The van der Waals surface area contributed by atoms with Gasteiger partial charge in [0.25, 0.3) is 5.69 Å². The highest BCUT2D eigenvalue weighted by molar-refractivity contribution is 6.30. The third-order valence-electron chi connectivity index (χ3n) is 3.48. The van der Waals surface area contributed by atoms with Crippen molar-refractivity contribution in [1.29, 1.82) is 0 Å². The molecule has 1 fully saturated rings. The second-order valence-corrected chi connectivity index (χ2v) is 5.38. The predicted octanol–water partition coefficient (Wildman–Crippen LogP) is 3.69. The lowest BCUT2D eigenvalue weighted by atomic mass is 9.91.